The number of nitrogens with zero attached hydrogens (tertiary/aromatic N) is 1. The predicted octanol–water partition coefficient (Wildman–Crippen LogP) is 4.85. The van der Waals surface area contributed by atoms with E-state index in [1.807, 2.05) is 39.0 Å². The van der Waals surface area contributed by atoms with Gasteiger partial charge in [-0.15, -0.1) is 11.8 Å². The molecule has 0 aliphatic carbocycles. The lowest BCUT2D eigenvalue weighted by Gasteiger charge is -2.29. The zero-order valence-electron chi connectivity index (χ0n) is 18.6. The number of benzene rings is 2. The first-order valence-corrected chi connectivity index (χ1v) is 11.7. The van der Waals surface area contributed by atoms with E-state index in [0.717, 1.165) is 17.7 Å². The lowest BCUT2D eigenvalue weighted by Crippen LogP contribution is -2.50. The molecule has 0 saturated carbocycles. The van der Waals surface area contributed by atoms with Gasteiger partial charge in [-0.25, -0.2) is 0 Å². The number of carbonyl (C=O) groups excluding carboxylic acids is 2. The fraction of sp³-hybridized carbons (Fsp3) is 0.440. The number of thioether (sulfide) groups is 1. The van der Waals surface area contributed by atoms with E-state index >= 15 is 0 Å². The van der Waals surface area contributed by atoms with Gasteiger partial charge in [0.15, 0.2) is 0 Å². The Kier molecular flexibility index (Phi) is 9.95. The normalized spacial score (nSPS) is 12.8. The van der Waals surface area contributed by atoms with Crippen LogP contribution < -0.4 is 5.32 Å². The Bertz CT molecular complexity index is 793. The van der Waals surface area contributed by atoms with Crippen LogP contribution in [0.2, 0.25) is 0 Å². The summed E-state index contributed by atoms with van der Waals surface area (Å²) in [7, 11) is 0. The Morgan fingerprint density at radius 1 is 1.03 bits per heavy atom. The summed E-state index contributed by atoms with van der Waals surface area (Å²) in [5.41, 5.74) is 2.39. The molecule has 30 heavy (non-hydrogen) atoms. The average molecular weight is 427 g/mol. The number of rotatable bonds is 11. The van der Waals surface area contributed by atoms with Gasteiger partial charge in [0, 0.05) is 29.7 Å². The van der Waals surface area contributed by atoms with Gasteiger partial charge in [0.1, 0.15) is 6.04 Å². The Morgan fingerprint density at radius 3 is 2.33 bits per heavy atom. The second kappa shape index (κ2) is 12.4. The van der Waals surface area contributed by atoms with Gasteiger partial charge < -0.3 is 10.2 Å². The van der Waals surface area contributed by atoms with Crippen LogP contribution in [0.4, 0.5) is 0 Å². The first kappa shape index (κ1) is 24.0. The maximum Gasteiger partial charge on any atom is 0.242 e. The highest BCUT2D eigenvalue weighted by molar-refractivity contribution is 7.99. The van der Waals surface area contributed by atoms with E-state index in [0.29, 0.717) is 18.7 Å². The molecule has 162 valence electrons. The highest BCUT2D eigenvalue weighted by Crippen LogP contribution is 2.20. The van der Waals surface area contributed by atoms with Crippen molar-refractivity contribution in [3.05, 3.63) is 65.7 Å². The zero-order chi connectivity index (χ0) is 21.9. The maximum absolute atomic E-state index is 13.0. The summed E-state index contributed by atoms with van der Waals surface area (Å²) in [6.07, 6.45) is 2.01. The van der Waals surface area contributed by atoms with Crippen LogP contribution in [0.3, 0.4) is 0 Å². The van der Waals surface area contributed by atoms with Crippen LogP contribution in [0.1, 0.15) is 44.7 Å². The number of carbonyl (C=O) groups is 2. The van der Waals surface area contributed by atoms with Crippen LogP contribution in [-0.4, -0.2) is 41.1 Å². The van der Waals surface area contributed by atoms with Gasteiger partial charge in [0.2, 0.25) is 11.8 Å². The molecular weight excluding hydrogens is 392 g/mol. The monoisotopic (exact) mass is 426 g/mol. The summed E-state index contributed by atoms with van der Waals surface area (Å²) in [6, 6.07) is 18.0. The molecule has 0 unspecified atom stereocenters. The summed E-state index contributed by atoms with van der Waals surface area (Å²) in [5.74, 6) is 0.637. The van der Waals surface area contributed by atoms with Gasteiger partial charge in [-0.1, -0.05) is 55.0 Å². The van der Waals surface area contributed by atoms with Crippen LogP contribution in [0.5, 0.6) is 0 Å². The van der Waals surface area contributed by atoms with Crippen LogP contribution in [-0.2, 0) is 16.0 Å². The van der Waals surface area contributed by atoms with Crippen molar-refractivity contribution in [2.45, 2.75) is 63.9 Å². The molecule has 0 saturated heterocycles. The maximum atomic E-state index is 13.0. The molecule has 0 fully saturated rings. The van der Waals surface area contributed by atoms with E-state index < -0.39 is 6.04 Å². The Labute approximate surface area is 185 Å². The first-order chi connectivity index (χ1) is 14.4. The third kappa shape index (κ3) is 7.86. The van der Waals surface area contributed by atoms with Crippen LogP contribution >= 0.6 is 11.8 Å². The van der Waals surface area contributed by atoms with Gasteiger partial charge in [0.25, 0.3) is 0 Å². The number of hydrogen-bond acceptors (Lipinski definition) is 3. The molecular formula is C25H34N2O2S. The first-order valence-electron chi connectivity index (χ1n) is 10.7. The number of aryl methyl sites for hydroxylation is 1. The molecule has 1 N–H and O–H groups in total. The van der Waals surface area contributed by atoms with Gasteiger partial charge in [-0.3, -0.25) is 9.59 Å². The highest BCUT2D eigenvalue weighted by atomic mass is 32.2. The average Bonchev–Trinajstić information content (AvgIpc) is 2.75. The molecule has 0 bridgehead atoms. The van der Waals surface area contributed by atoms with Crippen LogP contribution in [0, 0.1) is 6.92 Å². The lowest BCUT2D eigenvalue weighted by atomic mass is 10.1. The zero-order valence-corrected chi connectivity index (χ0v) is 19.4. The van der Waals surface area contributed by atoms with Gasteiger partial charge in [-0.2, -0.15) is 0 Å². The lowest BCUT2D eigenvalue weighted by molar-refractivity contribution is -0.139. The van der Waals surface area contributed by atoms with E-state index in [2.05, 4.69) is 48.6 Å². The van der Waals surface area contributed by atoms with Crippen molar-refractivity contribution in [3.8, 4) is 0 Å². The highest BCUT2D eigenvalue weighted by Gasteiger charge is 2.26. The fourth-order valence-electron chi connectivity index (χ4n) is 3.07. The van der Waals surface area contributed by atoms with Crippen molar-refractivity contribution in [2.24, 2.45) is 0 Å². The number of nitrogens with one attached hydrogen (secondary N) is 1. The summed E-state index contributed by atoms with van der Waals surface area (Å²) in [6.45, 7) is 8.45. The van der Waals surface area contributed by atoms with E-state index in [1.165, 1.54) is 11.1 Å². The molecule has 0 aromatic heterocycles. The molecule has 2 aromatic rings. The van der Waals surface area contributed by atoms with Crippen LogP contribution in [0.25, 0.3) is 0 Å². The van der Waals surface area contributed by atoms with Crippen molar-refractivity contribution < 1.29 is 9.59 Å². The SMILES string of the molecule is CC[C@@H](C)NC(=O)[C@H](C)N(CCc1ccccc1)C(=O)CCSc1ccc(C)cc1. The molecule has 4 nitrogen and oxygen atoms in total. The third-order valence-electron chi connectivity index (χ3n) is 5.26. The second-order valence-electron chi connectivity index (χ2n) is 7.73. The smallest absolute Gasteiger partial charge is 0.242 e. The van der Waals surface area contributed by atoms with Crippen molar-refractivity contribution in [1.82, 2.24) is 10.2 Å². The van der Waals surface area contributed by atoms with E-state index in [9.17, 15) is 9.59 Å². The molecule has 2 atom stereocenters. The minimum atomic E-state index is -0.486. The topological polar surface area (TPSA) is 49.4 Å². The van der Waals surface area contributed by atoms with Crippen molar-refractivity contribution >= 4 is 23.6 Å². The van der Waals surface area contributed by atoms with E-state index in [-0.39, 0.29) is 17.9 Å². The van der Waals surface area contributed by atoms with Gasteiger partial charge in [0.05, 0.1) is 0 Å². The molecule has 0 aliphatic heterocycles. The quantitative estimate of drug-likeness (QED) is 0.523. The molecule has 2 rings (SSSR count). The number of hydrogen-bond donors (Lipinski definition) is 1. The summed E-state index contributed by atoms with van der Waals surface area (Å²) in [5, 5.41) is 3.01. The molecule has 0 heterocycles. The predicted molar refractivity (Wildman–Crippen MR) is 126 cm³/mol. The molecule has 5 heteroatoms. The van der Waals surface area contributed by atoms with Crippen molar-refractivity contribution in [1.29, 1.82) is 0 Å². The summed E-state index contributed by atoms with van der Waals surface area (Å²) < 4.78 is 0. The van der Waals surface area contributed by atoms with E-state index in [4.69, 9.17) is 0 Å². The fourth-order valence-corrected chi connectivity index (χ4v) is 3.91. The Balaban J connectivity index is 1.99. The Hall–Kier alpha value is -2.27. The van der Waals surface area contributed by atoms with Crippen molar-refractivity contribution in [3.63, 3.8) is 0 Å². The second-order valence-corrected chi connectivity index (χ2v) is 8.90. The van der Waals surface area contributed by atoms with E-state index in [1.54, 1.807) is 16.7 Å². The molecule has 0 aliphatic rings. The van der Waals surface area contributed by atoms with Crippen molar-refractivity contribution in [2.75, 3.05) is 12.3 Å². The minimum Gasteiger partial charge on any atom is -0.352 e. The Morgan fingerprint density at radius 2 is 1.70 bits per heavy atom. The minimum absolute atomic E-state index is 0.0253. The number of amides is 2. The molecule has 2 aromatic carbocycles. The summed E-state index contributed by atoms with van der Waals surface area (Å²) >= 11 is 1.68. The molecule has 0 spiro atoms. The largest absolute Gasteiger partial charge is 0.352 e. The third-order valence-corrected chi connectivity index (χ3v) is 6.27. The summed E-state index contributed by atoms with van der Waals surface area (Å²) in [4.78, 5) is 28.6. The molecule has 0 radical (unpaired) electrons. The standard InChI is InChI=1S/C25H34N2O2S/c1-5-20(3)26-25(29)21(4)27(17-15-22-9-7-6-8-10-22)24(28)16-18-30-23-13-11-19(2)12-14-23/h6-14,20-21H,5,15-18H2,1-4H3,(H,26,29)/t20-,21+/m1/s1. The van der Waals surface area contributed by atoms with Crippen LogP contribution in [0.15, 0.2) is 59.5 Å². The van der Waals surface area contributed by atoms with Gasteiger partial charge in [-0.05, 0) is 51.3 Å². The molecule has 2 amide bonds. The van der Waals surface area contributed by atoms with Gasteiger partial charge >= 0.3 is 0 Å².